The molecule has 2 heterocycles. The second kappa shape index (κ2) is 6.58. The lowest BCUT2D eigenvalue weighted by Crippen LogP contribution is -2.47. The summed E-state index contributed by atoms with van der Waals surface area (Å²) in [4.78, 5) is 16.7. The molecule has 4 heteroatoms. The van der Waals surface area contributed by atoms with Crippen LogP contribution in [0.5, 0.6) is 0 Å². The largest absolute Gasteiger partial charge is 0.340 e. The zero-order valence-corrected chi connectivity index (χ0v) is 12.8. The molecule has 1 unspecified atom stereocenters. The first-order valence-electron chi connectivity index (χ1n) is 8.06. The third-order valence-electron chi connectivity index (χ3n) is 4.80. The van der Waals surface area contributed by atoms with Gasteiger partial charge in [0, 0.05) is 51.7 Å². The van der Waals surface area contributed by atoms with Crippen LogP contribution < -0.4 is 5.32 Å². The Kier molecular flexibility index (Phi) is 4.56. The monoisotopic (exact) mass is 287 g/mol. The van der Waals surface area contributed by atoms with Gasteiger partial charge in [0.2, 0.25) is 5.91 Å². The number of hydrogen-bond donors (Lipinski definition) is 1. The topological polar surface area (TPSA) is 35.6 Å². The molecular formula is C17H25N3O. The minimum Gasteiger partial charge on any atom is -0.340 e. The van der Waals surface area contributed by atoms with Crippen LogP contribution in [0, 0.1) is 0 Å². The Morgan fingerprint density at radius 3 is 2.81 bits per heavy atom. The molecule has 114 valence electrons. The third kappa shape index (κ3) is 3.27. The molecule has 0 aliphatic carbocycles. The zero-order valence-electron chi connectivity index (χ0n) is 12.8. The summed E-state index contributed by atoms with van der Waals surface area (Å²) in [5.74, 6) is 0.308. The van der Waals surface area contributed by atoms with Gasteiger partial charge in [-0.05, 0) is 24.5 Å². The molecule has 1 amide bonds. The van der Waals surface area contributed by atoms with Crippen LogP contribution in [0.4, 0.5) is 0 Å². The highest BCUT2D eigenvalue weighted by Crippen LogP contribution is 2.28. The lowest BCUT2D eigenvalue weighted by molar-refractivity contribution is -0.132. The number of amides is 1. The van der Waals surface area contributed by atoms with Crippen molar-refractivity contribution in [3.63, 3.8) is 0 Å². The van der Waals surface area contributed by atoms with Crippen molar-refractivity contribution in [3.8, 4) is 0 Å². The molecule has 1 aromatic rings. The first-order chi connectivity index (χ1) is 10.3. The summed E-state index contributed by atoms with van der Waals surface area (Å²) in [5.41, 5.74) is 2.90. The van der Waals surface area contributed by atoms with Crippen molar-refractivity contribution in [1.82, 2.24) is 15.1 Å². The van der Waals surface area contributed by atoms with Crippen LogP contribution in [0.25, 0.3) is 0 Å². The predicted molar refractivity (Wildman–Crippen MR) is 84.2 cm³/mol. The van der Waals surface area contributed by atoms with Crippen molar-refractivity contribution in [1.29, 1.82) is 0 Å². The third-order valence-corrected chi connectivity index (χ3v) is 4.80. The number of rotatable bonds is 3. The first-order valence-corrected chi connectivity index (χ1v) is 8.06. The molecule has 2 aliphatic heterocycles. The van der Waals surface area contributed by atoms with Crippen LogP contribution in [0.3, 0.4) is 0 Å². The van der Waals surface area contributed by atoms with E-state index in [4.69, 9.17) is 0 Å². The van der Waals surface area contributed by atoms with E-state index >= 15 is 0 Å². The maximum absolute atomic E-state index is 12.3. The van der Waals surface area contributed by atoms with Gasteiger partial charge < -0.3 is 10.2 Å². The summed E-state index contributed by atoms with van der Waals surface area (Å²) in [6.07, 6.45) is 1.74. The molecule has 0 aromatic heterocycles. The number of benzene rings is 1. The van der Waals surface area contributed by atoms with E-state index in [-0.39, 0.29) is 0 Å². The van der Waals surface area contributed by atoms with Crippen molar-refractivity contribution in [2.75, 3.05) is 39.3 Å². The Balaban J connectivity index is 1.55. The standard InChI is InChI=1S/C17H25N3O/c1-14-16-5-3-2-4-15(16)6-10-19(14)11-7-17(21)20-12-8-18-9-13-20/h2-5,14,18H,6-13H2,1H3. The van der Waals surface area contributed by atoms with E-state index in [1.54, 1.807) is 0 Å². The second-order valence-electron chi connectivity index (χ2n) is 6.04. The van der Waals surface area contributed by atoms with Crippen LogP contribution in [0.1, 0.15) is 30.5 Å². The molecule has 0 spiro atoms. The Morgan fingerprint density at radius 1 is 1.24 bits per heavy atom. The Bertz CT molecular complexity index is 497. The fraction of sp³-hybridized carbons (Fsp3) is 0.588. The Morgan fingerprint density at radius 2 is 2.00 bits per heavy atom. The quantitative estimate of drug-likeness (QED) is 0.913. The molecule has 1 fully saturated rings. The molecule has 0 bridgehead atoms. The average Bonchev–Trinajstić information content (AvgIpc) is 2.55. The summed E-state index contributed by atoms with van der Waals surface area (Å²) in [6, 6.07) is 9.12. The highest BCUT2D eigenvalue weighted by atomic mass is 16.2. The van der Waals surface area contributed by atoms with Crippen LogP contribution in [0.2, 0.25) is 0 Å². The Labute approximate surface area is 127 Å². The number of carbonyl (C=O) groups is 1. The fourth-order valence-corrected chi connectivity index (χ4v) is 3.44. The van der Waals surface area contributed by atoms with Gasteiger partial charge in [-0.1, -0.05) is 24.3 Å². The lowest BCUT2D eigenvalue weighted by Gasteiger charge is -2.36. The van der Waals surface area contributed by atoms with Crippen molar-refractivity contribution in [2.45, 2.75) is 25.8 Å². The molecule has 1 saturated heterocycles. The molecule has 3 rings (SSSR count). The van der Waals surface area contributed by atoms with Gasteiger partial charge in [0.25, 0.3) is 0 Å². The van der Waals surface area contributed by atoms with Crippen molar-refractivity contribution in [3.05, 3.63) is 35.4 Å². The number of nitrogens with one attached hydrogen (secondary N) is 1. The van der Waals surface area contributed by atoms with E-state index in [1.807, 2.05) is 4.90 Å². The van der Waals surface area contributed by atoms with Gasteiger partial charge in [0.15, 0.2) is 0 Å². The van der Waals surface area contributed by atoms with Gasteiger partial charge in [0.05, 0.1) is 0 Å². The molecule has 1 N–H and O–H groups in total. The Hall–Kier alpha value is -1.39. The number of piperazine rings is 1. The highest BCUT2D eigenvalue weighted by molar-refractivity contribution is 5.76. The van der Waals surface area contributed by atoms with E-state index in [0.29, 0.717) is 18.4 Å². The van der Waals surface area contributed by atoms with Crippen LogP contribution in [-0.4, -0.2) is 55.0 Å². The minimum absolute atomic E-state index is 0.308. The summed E-state index contributed by atoms with van der Waals surface area (Å²) in [6.45, 7) is 7.77. The molecule has 1 atom stereocenters. The van der Waals surface area contributed by atoms with Crippen molar-refractivity contribution >= 4 is 5.91 Å². The number of fused-ring (bicyclic) bond motifs is 1. The summed E-state index contributed by atoms with van der Waals surface area (Å²) >= 11 is 0. The lowest BCUT2D eigenvalue weighted by atomic mass is 9.93. The average molecular weight is 287 g/mol. The normalized spacial score (nSPS) is 22.9. The van der Waals surface area contributed by atoms with E-state index < -0.39 is 0 Å². The van der Waals surface area contributed by atoms with Gasteiger partial charge in [-0.3, -0.25) is 9.69 Å². The van der Waals surface area contributed by atoms with Crippen LogP contribution >= 0.6 is 0 Å². The minimum atomic E-state index is 0.308. The predicted octanol–water partition coefficient (Wildman–Crippen LogP) is 1.43. The van der Waals surface area contributed by atoms with E-state index in [1.165, 1.54) is 11.1 Å². The summed E-state index contributed by atoms with van der Waals surface area (Å²) in [7, 11) is 0. The van der Waals surface area contributed by atoms with E-state index in [9.17, 15) is 4.79 Å². The van der Waals surface area contributed by atoms with Gasteiger partial charge in [0.1, 0.15) is 0 Å². The smallest absolute Gasteiger partial charge is 0.223 e. The molecule has 0 radical (unpaired) electrons. The first kappa shape index (κ1) is 14.5. The number of hydrogen-bond acceptors (Lipinski definition) is 3. The maximum Gasteiger partial charge on any atom is 0.223 e. The van der Waals surface area contributed by atoms with Gasteiger partial charge in [-0.15, -0.1) is 0 Å². The van der Waals surface area contributed by atoms with E-state index in [2.05, 4.69) is 41.4 Å². The van der Waals surface area contributed by atoms with Crippen LogP contribution in [-0.2, 0) is 11.2 Å². The van der Waals surface area contributed by atoms with Gasteiger partial charge in [-0.25, -0.2) is 0 Å². The SMILES string of the molecule is CC1c2ccccc2CCN1CCC(=O)N1CCNCC1. The molecule has 21 heavy (non-hydrogen) atoms. The molecular weight excluding hydrogens is 262 g/mol. The van der Waals surface area contributed by atoms with Gasteiger partial charge in [-0.2, -0.15) is 0 Å². The molecule has 4 nitrogen and oxygen atoms in total. The molecule has 1 aromatic carbocycles. The molecule has 2 aliphatic rings. The van der Waals surface area contributed by atoms with Crippen molar-refractivity contribution in [2.24, 2.45) is 0 Å². The fourth-order valence-electron chi connectivity index (χ4n) is 3.44. The zero-order chi connectivity index (χ0) is 14.7. The number of carbonyl (C=O) groups excluding carboxylic acids is 1. The summed E-state index contributed by atoms with van der Waals surface area (Å²) in [5, 5.41) is 3.29. The van der Waals surface area contributed by atoms with E-state index in [0.717, 1.165) is 45.7 Å². The van der Waals surface area contributed by atoms with Crippen LogP contribution in [0.15, 0.2) is 24.3 Å². The number of nitrogens with zero attached hydrogens (tertiary/aromatic N) is 2. The summed E-state index contributed by atoms with van der Waals surface area (Å²) < 4.78 is 0. The highest BCUT2D eigenvalue weighted by Gasteiger charge is 2.24. The second-order valence-corrected chi connectivity index (χ2v) is 6.04. The van der Waals surface area contributed by atoms with Gasteiger partial charge >= 0.3 is 0 Å². The van der Waals surface area contributed by atoms with Crippen molar-refractivity contribution < 1.29 is 4.79 Å². The molecule has 0 saturated carbocycles. The maximum atomic E-state index is 12.3.